The molecule has 2 rings (SSSR count). The summed E-state index contributed by atoms with van der Waals surface area (Å²) in [5.41, 5.74) is -1.57. The van der Waals surface area contributed by atoms with Gasteiger partial charge >= 0.3 is 5.97 Å². The Morgan fingerprint density at radius 2 is 2.21 bits per heavy atom. The SMILES string of the molecule is CC(O)(CNc1ncnc2cccc(F)c12)C(=O)O. The number of aromatic nitrogens is 2. The van der Waals surface area contributed by atoms with Gasteiger partial charge in [-0.2, -0.15) is 0 Å². The Morgan fingerprint density at radius 3 is 2.89 bits per heavy atom. The summed E-state index contributed by atoms with van der Waals surface area (Å²) in [6.45, 7) is 0.838. The molecular weight excluding hydrogens is 253 g/mol. The van der Waals surface area contributed by atoms with Crippen molar-refractivity contribution < 1.29 is 19.4 Å². The van der Waals surface area contributed by atoms with Gasteiger partial charge in [0.05, 0.1) is 17.4 Å². The van der Waals surface area contributed by atoms with Crippen LogP contribution in [0.2, 0.25) is 0 Å². The molecule has 0 radical (unpaired) electrons. The summed E-state index contributed by atoms with van der Waals surface area (Å²) in [5.74, 6) is -1.75. The van der Waals surface area contributed by atoms with Crippen LogP contribution in [0.15, 0.2) is 24.5 Å². The van der Waals surface area contributed by atoms with E-state index >= 15 is 0 Å². The van der Waals surface area contributed by atoms with Gasteiger partial charge in [-0.3, -0.25) is 0 Å². The highest BCUT2D eigenvalue weighted by Gasteiger charge is 2.30. The molecule has 0 aliphatic heterocycles. The number of halogens is 1. The number of nitrogens with one attached hydrogen (secondary N) is 1. The fourth-order valence-electron chi connectivity index (χ4n) is 1.53. The van der Waals surface area contributed by atoms with Crippen LogP contribution in [0.1, 0.15) is 6.92 Å². The van der Waals surface area contributed by atoms with Gasteiger partial charge < -0.3 is 15.5 Å². The smallest absolute Gasteiger partial charge is 0.337 e. The molecule has 100 valence electrons. The number of aliphatic carboxylic acids is 1. The van der Waals surface area contributed by atoms with Crippen LogP contribution >= 0.6 is 0 Å². The van der Waals surface area contributed by atoms with Crippen molar-refractivity contribution in [1.29, 1.82) is 0 Å². The number of aliphatic hydroxyl groups is 1. The van der Waals surface area contributed by atoms with Crippen LogP contribution in [0.25, 0.3) is 10.9 Å². The molecule has 0 amide bonds. The van der Waals surface area contributed by atoms with Crippen molar-refractivity contribution in [3.8, 4) is 0 Å². The molecule has 0 aliphatic rings. The lowest BCUT2D eigenvalue weighted by Gasteiger charge is -2.19. The van der Waals surface area contributed by atoms with Gasteiger partial charge in [0.1, 0.15) is 18.0 Å². The van der Waals surface area contributed by atoms with Gasteiger partial charge in [-0.15, -0.1) is 0 Å². The third-order valence-electron chi connectivity index (χ3n) is 2.67. The highest BCUT2D eigenvalue weighted by molar-refractivity contribution is 5.89. The fraction of sp³-hybridized carbons (Fsp3) is 0.250. The molecule has 0 fully saturated rings. The number of carboxylic acids is 1. The number of hydrogen-bond acceptors (Lipinski definition) is 5. The molecule has 0 spiro atoms. The average molecular weight is 265 g/mol. The summed E-state index contributed by atoms with van der Waals surface area (Å²) in [7, 11) is 0. The molecule has 1 heterocycles. The highest BCUT2D eigenvalue weighted by Crippen LogP contribution is 2.22. The minimum atomic E-state index is -1.97. The predicted octanol–water partition coefficient (Wildman–Crippen LogP) is 1.02. The molecule has 1 aromatic heterocycles. The zero-order valence-electron chi connectivity index (χ0n) is 10.1. The van der Waals surface area contributed by atoms with Crippen molar-refractivity contribution in [2.75, 3.05) is 11.9 Å². The summed E-state index contributed by atoms with van der Waals surface area (Å²) in [5, 5.41) is 21.2. The van der Waals surface area contributed by atoms with Gasteiger partial charge in [0.25, 0.3) is 0 Å². The Balaban J connectivity index is 2.34. The van der Waals surface area contributed by atoms with Crippen LogP contribution in [0.3, 0.4) is 0 Å². The van der Waals surface area contributed by atoms with Crippen LogP contribution in [0.4, 0.5) is 10.2 Å². The summed E-state index contributed by atoms with van der Waals surface area (Å²) in [4.78, 5) is 18.6. The summed E-state index contributed by atoms with van der Waals surface area (Å²) in [6, 6.07) is 4.38. The normalized spacial score (nSPS) is 14.1. The quantitative estimate of drug-likeness (QED) is 0.763. The van der Waals surface area contributed by atoms with Crippen molar-refractivity contribution in [3.63, 3.8) is 0 Å². The van der Waals surface area contributed by atoms with Crippen molar-refractivity contribution >= 4 is 22.7 Å². The lowest BCUT2D eigenvalue weighted by Crippen LogP contribution is -2.42. The van der Waals surface area contributed by atoms with Crippen LogP contribution in [-0.2, 0) is 4.79 Å². The van der Waals surface area contributed by atoms with Crippen molar-refractivity contribution in [2.24, 2.45) is 0 Å². The molecule has 1 aromatic carbocycles. The summed E-state index contributed by atoms with van der Waals surface area (Å²) in [6.07, 6.45) is 1.24. The number of anilines is 1. The summed E-state index contributed by atoms with van der Waals surface area (Å²) >= 11 is 0. The second kappa shape index (κ2) is 4.77. The fourth-order valence-corrected chi connectivity index (χ4v) is 1.53. The summed E-state index contributed by atoms with van der Waals surface area (Å²) < 4.78 is 13.7. The predicted molar refractivity (Wildman–Crippen MR) is 66.2 cm³/mol. The van der Waals surface area contributed by atoms with E-state index in [1.165, 1.54) is 18.5 Å². The maximum atomic E-state index is 13.7. The van der Waals surface area contributed by atoms with Gasteiger partial charge in [0.15, 0.2) is 5.60 Å². The van der Waals surface area contributed by atoms with Gasteiger partial charge in [-0.05, 0) is 19.1 Å². The number of benzene rings is 1. The van der Waals surface area contributed by atoms with E-state index in [0.717, 1.165) is 6.92 Å². The minimum Gasteiger partial charge on any atom is -0.479 e. The minimum absolute atomic E-state index is 0.143. The molecule has 1 atom stereocenters. The second-order valence-corrected chi connectivity index (χ2v) is 4.29. The third kappa shape index (κ3) is 2.60. The Hall–Kier alpha value is -2.28. The Labute approximate surface area is 107 Å². The first-order valence-electron chi connectivity index (χ1n) is 5.51. The molecule has 7 heteroatoms. The third-order valence-corrected chi connectivity index (χ3v) is 2.67. The van der Waals surface area contributed by atoms with E-state index < -0.39 is 17.4 Å². The van der Waals surface area contributed by atoms with E-state index in [0.29, 0.717) is 5.52 Å². The number of carboxylic acid groups (broad SMARTS) is 1. The lowest BCUT2D eigenvalue weighted by atomic mass is 10.1. The molecule has 19 heavy (non-hydrogen) atoms. The van der Waals surface area contributed by atoms with E-state index in [4.69, 9.17) is 5.11 Å². The van der Waals surface area contributed by atoms with Gasteiger partial charge in [-0.25, -0.2) is 19.2 Å². The van der Waals surface area contributed by atoms with Crippen molar-refractivity contribution in [1.82, 2.24) is 9.97 Å². The molecule has 1 unspecified atom stereocenters. The average Bonchev–Trinajstić information content (AvgIpc) is 2.36. The largest absolute Gasteiger partial charge is 0.479 e. The molecule has 0 bridgehead atoms. The second-order valence-electron chi connectivity index (χ2n) is 4.29. The molecule has 2 aromatic rings. The van der Waals surface area contributed by atoms with Gasteiger partial charge in [0.2, 0.25) is 0 Å². The number of hydrogen-bond donors (Lipinski definition) is 3. The Bertz CT molecular complexity index is 625. The first kappa shape index (κ1) is 13.2. The zero-order chi connectivity index (χ0) is 14.0. The van der Waals surface area contributed by atoms with Crippen LogP contribution < -0.4 is 5.32 Å². The van der Waals surface area contributed by atoms with E-state index in [-0.39, 0.29) is 17.7 Å². The molecule has 3 N–H and O–H groups in total. The first-order valence-corrected chi connectivity index (χ1v) is 5.51. The zero-order valence-corrected chi connectivity index (χ0v) is 10.1. The maximum Gasteiger partial charge on any atom is 0.337 e. The molecule has 0 aliphatic carbocycles. The molecular formula is C12H12FN3O3. The van der Waals surface area contributed by atoms with Gasteiger partial charge in [-0.1, -0.05) is 6.07 Å². The van der Waals surface area contributed by atoms with Crippen molar-refractivity contribution in [3.05, 3.63) is 30.3 Å². The Kier molecular flexibility index (Phi) is 3.30. The van der Waals surface area contributed by atoms with E-state index in [9.17, 15) is 14.3 Å². The number of nitrogens with zero attached hydrogens (tertiary/aromatic N) is 2. The number of carbonyl (C=O) groups is 1. The van der Waals surface area contributed by atoms with E-state index in [1.54, 1.807) is 6.07 Å². The van der Waals surface area contributed by atoms with Crippen LogP contribution in [-0.4, -0.2) is 38.3 Å². The highest BCUT2D eigenvalue weighted by atomic mass is 19.1. The van der Waals surface area contributed by atoms with Crippen LogP contribution in [0.5, 0.6) is 0 Å². The molecule has 6 nitrogen and oxygen atoms in total. The lowest BCUT2D eigenvalue weighted by molar-refractivity contribution is -0.155. The first-order chi connectivity index (χ1) is 8.92. The number of rotatable bonds is 4. The van der Waals surface area contributed by atoms with Crippen LogP contribution in [0, 0.1) is 5.82 Å². The monoisotopic (exact) mass is 265 g/mol. The topological polar surface area (TPSA) is 95.3 Å². The van der Waals surface area contributed by atoms with E-state index in [2.05, 4.69) is 15.3 Å². The van der Waals surface area contributed by atoms with E-state index in [1.807, 2.05) is 0 Å². The Morgan fingerprint density at radius 1 is 1.47 bits per heavy atom. The van der Waals surface area contributed by atoms with Gasteiger partial charge in [0, 0.05) is 0 Å². The molecule has 0 saturated carbocycles. The van der Waals surface area contributed by atoms with Crippen molar-refractivity contribution in [2.45, 2.75) is 12.5 Å². The number of fused-ring (bicyclic) bond motifs is 1. The molecule has 0 saturated heterocycles. The maximum absolute atomic E-state index is 13.7. The standard InChI is InChI=1S/C12H12FN3O3/c1-12(19,11(17)18)5-14-10-9-7(13)3-2-4-8(9)15-6-16-10/h2-4,6,19H,5H2,1H3,(H,17,18)(H,14,15,16).